The van der Waals surface area contributed by atoms with E-state index in [1.54, 1.807) is 6.92 Å². The van der Waals surface area contributed by atoms with Gasteiger partial charge in [0.15, 0.2) is 0 Å². The van der Waals surface area contributed by atoms with Crippen molar-refractivity contribution in [2.24, 2.45) is 0 Å². The number of unbranched alkanes of at least 4 members (excludes halogenated alkanes) is 1. The minimum Gasteiger partial charge on any atom is -0.462 e. The molecule has 0 aliphatic carbocycles. The van der Waals surface area contributed by atoms with Gasteiger partial charge in [-0.1, -0.05) is 18.5 Å². The van der Waals surface area contributed by atoms with Crippen molar-refractivity contribution in [2.75, 3.05) is 12.3 Å². The number of carbonyl (C=O) groups is 1. The van der Waals surface area contributed by atoms with E-state index in [2.05, 4.69) is 9.68 Å². The van der Waals surface area contributed by atoms with Crippen molar-refractivity contribution in [3.63, 3.8) is 0 Å². The van der Waals surface area contributed by atoms with E-state index in [1.165, 1.54) is 0 Å². The third kappa shape index (κ3) is 2.25. The summed E-state index contributed by atoms with van der Waals surface area (Å²) in [7, 11) is 0. The highest BCUT2D eigenvalue weighted by Crippen LogP contribution is 2.16. The predicted molar refractivity (Wildman–Crippen MR) is 50.8 cm³/mol. The van der Waals surface area contributed by atoms with Gasteiger partial charge < -0.3 is 15.0 Å². The van der Waals surface area contributed by atoms with E-state index in [4.69, 9.17) is 10.5 Å². The molecule has 0 bridgehead atoms. The molecule has 0 atom stereocenters. The standard InChI is InChI=1S/C9H14N2O3/c1-3-4-5-13-9(12)7-6(2)11-14-8(7)10/h3-5,10H2,1-2H3. The van der Waals surface area contributed by atoms with Crippen molar-refractivity contribution in [3.8, 4) is 0 Å². The van der Waals surface area contributed by atoms with Crippen LogP contribution in [0.5, 0.6) is 0 Å². The zero-order valence-corrected chi connectivity index (χ0v) is 8.37. The highest BCUT2D eigenvalue weighted by molar-refractivity contribution is 5.94. The molecule has 0 aliphatic heterocycles. The molecule has 1 rings (SSSR count). The van der Waals surface area contributed by atoms with Crippen LogP contribution in [0.25, 0.3) is 0 Å². The Balaban J connectivity index is 2.60. The molecule has 5 nitrogen and oxygen atoms in total. The van der Waals surface area contributed by atoms with Crippen molar-refractivity contribution >= 4 is 11.9 Å². The maximum absolute atomic E-state index is 11.4. The van der Waals surface area contributed by atoms with Crippen LogP contribution in [0, 0.1) is 6.92 Å². The summed E-state index contributed by atoms with van der Waals surface area (Å²) in [5.74, 6) is -0.446. The largest absolute Gasteiger partial charge is 0.462 e. The van der Waals surface area contributed by atoms with Crippen LogP contribution in [0.3, 0.4) is 0 Å². The highest BCUT2D eigenvalue weighted by atomic mass is 16.5. The van der Waals surface area contributed by atoms with Crippen molar-refractivity contribution in [1.29, 1.82) is 0 Å². The number of nitrogens with zero attached hydrogens (tertiary/aromatic N) is 1. The molecule has 1 aromatic heterocycles. The molecular weight excluding hydrogens is 184 g/mol. The van der Waals surface area contributed by atoms with Crippen molar-refractivity contribution in [2.45, 2.75) is 26.7 Å². The summed E-state index contributed by atoms with van der Waals surface area (Å²) >= 11 is 0. The van der Waals surface area contributed by atoms with Crippen LogP contribution in [-0.4, -0.2) is 17.7 Å². The molecule has 2 N–H and O–H groups in total. The number of nitrogen functional groups attached to an aromatic ring is 1. The lowest BCUT2D eigenvalue weighted by molar-refractivity contribution is 0.0500. The molecule has 0 aromatic carbocycles. The van der Waals surface area contributed by atoms with E-state index in [1.807, 2.05) is 6.92 Å². The van der Waals surface area contributed by atoms with Gasteiger partial charge in [-0.25, -0.2) is 4.79 Å². The number of rotatable bonds is 4. The van der Waals surface area contributed by atoms with Crippen LogP contribution in [-0.2, 0) is 4.74 Å². The SMILES string of the molecule is CCCCOC(=O)c1c(C)noc1N. The van der Waals surface area contributed by atoms with Crippen LogP contribution in [0.1, 0.15) is 35.8 Å². The quantitative estimate of drug-likeness (QED) is 0.586. The Bertz CT molecular complexity index is 300. The number of ether oxygens (including phenoxy) is 1. The number of nitrogens with two attached hydrogens (primary N) is 1. The second kappa shape index (κ2) is 4.64. The van der Waals surface area contributed by atoms with E-state index in [-0.39, 0.29) is 11.4 Å². The van der Waals surface area contributed by atoms with Gasteiger partial charge in [0.25, 0.3) is 0 Å². The zero-order chi connectivity index (χ0) is 10.6. The number of aromatic nitrogens is 1. The maximum Gasteiger partial charge on any atom is 0.345 e. The van der Waals surface area contributed by atoms with Gasteiger partial charge in [0, 0.05) is 0 Å². The Morgan fingerprint density at radius 3 is 2.86 bits per heavy atom. The van der Waals surface area contributed by atoms with E-state index < -0.39 is 5.97 Å². The third-order valence-electron chi connectivity index (χ3n) is 1.82. The molecule has 1 heterocycles. The lowest BCUT2D eigenvalue weighted by atomic mass is 10.2. The number of carbonyl (C=O) groups excluding carboxylic acids is 1. The molecular formula is C9H14N2O3. The van der Waals surface area contributed by atoms with Crippen LogP contribution in [0.2, 0.25) is 0 Å². The minimum absolute atomic E-state index is 0.0176. The molecule has 0 aliphatic rings. The van der Waals surface area contributed by atoms with Crippen LogP contribution < -0.4 is 5.73 Å². The Kier molecular flexibility index (Phi) is 3.50. The first kappa shape index (κ1) is 10.6. The second-order valence-corrected chi connectivity index (χ2v) is 3.00. The van der Waals surface area contributed by atoms with Gasteiger partial charge >= 0.3 is 5.97 Å². The number of anilines is 1. The summed E-state index contributed by atoms with van der Waals surface area (Å²) in [4.78, 5) is 11.4. The van der Waals surface area contributed by atoms with Crippen molar-refractivity contribution in [1.82, 2.24) is 5.16 Å². The molecule has 5 heteroatoms. The van der Waals surface area contributed by atoms with E-state index in [0.717, 1.165) is 12.8 Å². The number of esters is 1. The molecule has 78 valence electrons. The summed E-state index contributed by atoms with van der Waals surface area (Å²) in [6.07, 6.45) is 1.82. The van der Waals surface area contributed by atoms with Crippen molar-refractivity contribution < 1.29 is 14.1 Å². The average Bonchev–Trinajstić information content (AvgIpc) is 2.46. The fourth-order valence-electron chi connectivity index (χ4n) is 1.02. The summed E-state index contributed by atoms with van der Waals surface area (Å²) in [6.45, 7) is 4.07. The topological polar surface area (TPSA) is 78.3 Å². The zero-order valence-electron chi connectivity index (χ0n) is 8.37. The first-order chi connectivity index (χ1) is 6.66. The van der Waals surface area contributed by atoms with Gasteiger partial charge in [-0.2, -0.15) is 0 Å². The van der Waals surface area contributed by atoms with Gasteiger partial charge in [-0.15, -0.1) is 0 Å². The lowest BCUT2D eigenvalue weighted by Crippen LogP contribution is -2.08. The molecule has 0 unspecified atom stereocenters. The number of hydrogen-bond acceptors (Lipinski definition) is 5. The third-order valence-corrected chi connectivity index (χ3v) is 1.82. The van der Waals surface area contributed by atoms with Crippen LogP contribution >= 0.6 is 0 Å². The van der Waals surface area contributed by atoms with Gasteiger partial charge in [-0.3, -0.25) is 0 Å². The van der Waals surface area contributed by atoms with Crippen LogP contribution in [0.15, 0.2) is 4.52 Å². The molecule has 0 saturated carbocycles. The first-order valence-corrected chi connectivity index (χ1v) is 4.55. The smallest absolute Gasteiger partial charge is 0.345 e. The second-order valence-electron chi connectivity index (χ2n) is 3.00. The molecule has 0 amide bonds. The van der Waals surface area contributed by atoms with Gasteiger partial charge in [0.1, 0.15) is 5.56 Å². The Morgan fingerprint density at radius 1 is 1.64 bits per heavy atom. The summed E-state index contributed by atoms with van der Waals surface area (Å²) in [5.41, 5.74) is 6.12. The van der Waals surface area contributed by atoms with Gasteiger partial charge in [0.2, 0.25) is 5.88 Å². The molecule has 0 radical (unpaired) electrons. The minimum atomic E-state index is -0.463. The first-order valence-electron chi connectivity index (χ1n) is 4.55. The molecule has 14 heavy (non-hydrogen) atoms. The Hall–Kier alpha value is -1.52. The summed E-state index contributed by atoms with van der Waals surface area (Å²) in [5, 5.41) is 3.56. The number of hydrogen-bond donors (Lipinski definition) is 1. The van der Waals surface area contributed by atoms with Gasteiger partial charge in [0.05, 0.1) is 12.3 Å². The normalized spacial score (nSPS) is 10.1. The molecule has 0 spiro atoms. The maximum atomic E-state index is 11.4. The summed E-state index contributed by atoms with van der Waals surface area (Å²) < 4.78 is 9.62. The molecule has 0 fully saturated rings. The fourth-order valence-corrected chi connectivity index (χ4v) is 1.02. The average molecular weight is 198 g/mol. The van der Waals surface area contributed by atoms with E-state index >= 15 is 0 Å². The summed E-state index contributed by atoms with van der Waals surface area (Å²) in [6, 6.07) is 0. The van der Waals surface area contributed by atoms with E-state index in [0.29, 0.717) is 12.3 Å². The fraction of sp³-hybridized carbons (Fsp3) is 0.556. The highest BCUT2D eigenvalue weighted by Gasteiger charge is 2.19. The predicted octanol–water partition coefficient (Wildman–Crippen LogP) is 1.52. The van der Waals surface area contributed by atoms with Crippen LogP contribution in [0.4, 0.5) is 5.88 Å². The van der Waals surface area contributed by atoms with Crippen molar-refractivity contribution in [3.05, 3.63) is 11.3 Å². The molecule has 0 saturated heterocycles. The van der Waals surface area contributed by atoms with E-state index in [9.17, 15) is 4.79 Å². The molecule has 1 aromatic rings. The van der Waals surface area contributed by atoms with Gasteiger partial charge in [-0.05, 0) is 13.3 Å². The monoisotopic (exact) mass is 198 g/mol. The Morgan fingerprint density at radius 2 is 2.36 bits per heavy atom. The lowest BCUT2D eigenvalue weighted by Gasteiger charge is -2.01. The Labute approximate surface area is 82.2 Å². The number of aryl methyl sites for hydroxylation is 1.